The van der Waals surface area contributed by atoms with Crippen LogP contribution in [0.25, 0.3) is 0 Å². The third-order valence-corrected chi connectivity index (χ3v) is 2.69. The van der Waals surface area contributed by atoms with Crippen molar-refractivity contribution in [2.24, 2.45) is 0 Å². The van der Waals surface area contributed by atoms with E-state index in [1.54, 1.807) is 0 Å². The summed E-state index contributed by atoms with van der Waals surface area (Å²) in [6, 6.07) is 8.02. The molecule has 4 heteroatoms. The van der Waals surface area contributed by atoms with Gasteiger partial charge in [0.05, 0.1) is 6.61 Å². The summed E-state index contributed by atoms with van der Waals surface area (Å²) in [4.78, 5) is 10.5. The minimum Gasteiger partial charge on any atom is -0.466 e. The molecular formula is C12H15IO3. The van der Waals surface area contributed by atoms with Crippen molar-refractivity contribution in [2.75, 3.05) is 6.61 Å². The van der Waals surface area contributed by atoms with Crippen molar-refractivity contribution in [1.29, 1.82) is 0 Å². The normalized spacial score (nSPS) is 9.88. The van der Waals surface area contributed by atoms with Crippen LogP contribution in [0.5, 0.6) is 5.75 Å². The zero-order valence-electron chi connectivity index (χ0n) is 9.24. The predicted octanol–water partition coefficient (Wildman–Crippen LogP) is 3.30. The van der Waals surface area contributed by atoms with E-state index in [0.29, 0.717) is 6.61 Å². The van der Waals surface area contributed by atoms with Gasteiger partial charge in [0.1, 0.15) is 5.75 Å². The molecule has 0 amide bonds. The average Bonchev–Trinajstić information content (AvgIpc) is 2.29. The van der Waals surface area contributed by atoms with Gasteiger partial charge >= 0.3 is 5.97 Å². The Balaban J connectivity index is 2.19. The van der Waals surface area contributed by atoms with Crippen molar-refractivity contribution in [2.45, 2.75) is 26.2 Å². The maximum Gasteiger partial charge on any atom is 0.302 e. The molecule has 0 aromatic heterocycles. The number of halogens is 1. The Kier molecular flexibility index (Phi) is 6.22. The van der Waals surface area contributed by atoms with Crippen molar-refractivity contribution in [3.8, 4) is 5.75 Å². The Labute approximate surface area is 110 Å². The van der Waals surface area contributed by atoms with Crippen LogP contribution in [0.1, 0.15) is 25.3 Å². The van der Waals surface area contributed by atoms with E-state index in [-0.39, 0.29) is 5.97 Å². The summed E-state index contributed by atoms with van der Waals surface area (Å²) in [5.74, 6) is 0.660. The standard InChI is InChI=1S/C12H15IO3/c1-10(14)15-9-3-2-4-11-5-7-12(16-13)8-6-11/h5-8H,2-4,9H2,1H3. The Morgan fingerprint density at radius 3 is 2.50 bits per heavy atom. The predicted molar refractivity (Wildman–Crippen MR) is 70.7 cm³/mol. The third-order valence-electron chi connectivity index (χ3n) is 2.18. The highest BCUT2D eigenvalue weighted by Gasteiger charge is 1.96. The first-order valence-electron chi connectivity index (χ1n) is 5.23. The number of esters is 1. The maximum atomic E-state index is 10.5. The zero-order chi connectivity index (χ0) is 11.8. The average molecular weight is 334 g/mol. The van der Waals surface area contributed by atoms with Crippen molar-refractivity contribution in [1.82, 2.24) is 0 Å². The van der Waals surface area contributed by atoms with Gasteiger partial charge in [0, 0.05) is 6.92 Å². The lowest BCUT2D eigenvalue weighted by Gasteiger charge is -2.03. The van der Waals surface area contributed by atoms with Gasteiger partial charge in [-0.25, -0.2) is 0 Å². The summed E-state index contributed by atoms with van der Waals surface area (Å²) in [5.41, 5.74) is 1.28. The zero-order valence-corrected chi connectivity index (χ0v) is 11.4. The molecule has 0 spiro atoms. The number of aryl methyl sites for hydroxylation is 1. The van der Waals surface area contributed by atoms with Crippen LogP contribution in [0.4, 0.5) is 0 Å². The molecule has 0 radical (unpaired) electrons. The Morgan fingerprint density at radius 2 is 1.94 bits per heavy atom. The summed E-state index contributed by atoms with van der Waals surface area (Å²) in [6.07, 6.45) is 2.94. The topological polar surface area (TPSA) is 35.5 Å². The highest BCUT2D eigenvalue weighted by Crippen LogP contribution is 2.15. The molecule has 0 aliphatic rings. The van der Waals surface area contributed by atoms with Crippen molar-refractivity contribution in [3.05, 3.63) is 29.8 Å². The van der Waals surface area contributed by atoms with E-state index in [0.717, 1.165) is 25.0 Å². The molecular weight excluding hydrogens is 319 g/mol. The molecule has 1 aromatic carbocycles. The van der Waals surface area contributed by atoms with Crippen LogP contribution in [-0.2, 0) is 16.0 Å². The third kappa shape index (κ3) is 5.34. The summed E-state index contributed by atoms with van der Waals surface area (Å²) in [6.45, 7) is 1.95. The van der Waals surface area contributed by atoms with E-state index in [1.165, 1.54) is 12.5 Å². The van der Waals surface area contributed by atoms with Crippen LogP contribution < -0.4 is 3.07 Å². The van der Waals surface area contributed by atoms with Gasteiger partial charge in [0.25, 0.3) is 0 Å². The molecule has 3 nitrogen and oxygen atoms in total. The SMILES string of the molecule is CC(=O)OCCCCc1ccc(OI)cc1. The second-order valence-corrected chi connectivity index (χ2v) is 3.96. The molecule has 0 heterocycles. The molecule has 1 aromatic rings. The van der Waals surface area contributed by atoms with Crippen LogP contribution in [0, 0.1) is 0 Å². The van der Waals surface area contributed by atoms with Gasteiger partial charge < -0.3 is 7.80 Å². The van der Waals surface area contributed by atoms with Gasteiger partial charge in [0.2, 0.25) is 0 Å². The number of hydrogen-bond acceptors (Lipinski definition) is 3. The second-order valence-electron chi connectivity index (χ2n) is 3.52. The van der Waals surface area contributed by atoms with Crippen LogP contribution in [0.15, 0.2) is 24.3 Å². The van der Waals surface area contributed by atoms with E-state index < -0.39 is 0 Å². The van der Waals surface area contributed by atoms with Gasteiger partial charge in [-0.15, -0.1) is 0 Å². The molecule has 16 heavy (non-hydrogen) atoms. The van der Waals surface area contributed by atoms with Crippen LogP contribution in [0.2, 0.25) is 0 Å². The lowest BCUT2D eigenvalue weighted by Crippen LogP contribution is -2.00. The molecule has 0 aliphatic carbocycles. The minimum atomic E-state index is -0.205. The number of carbonyl (C=O) groups excluding carboxylic acids is 1. The minimum absolute atomic E-state index is 0.205. The number of hydrogen-bond donors (Lipinski definition) is 0. The smallest absolute Gasteiger partial charge is 0.302 e. The molecule has 0 fully saturated rings. The van der Waals surface area contributed by atoms with Gasteiger partial charge in [-0.1, -0.05) is 12.1 Å². The van der Waals surface area contributed by atoms with Crippen LogP contribution >= 0.6 is 23.0 Å². The summed E-state index contributed by atoms with van der Waals surface area (Å²) >= 11 is 1.86. The Hall–Kier alpha value is -0.780. The van der Waals surface area contributed by atoms with Crippen molar-refractivity contribution >= 4 is 29.0 Å². The molecule has 0 bridgehead atoms. The maximum absolute atomic E-state index is 10.5. The molecule has 0 aliphatic heterocycles. The first-order chi connectivity index (χ1) is 7.72. The lowest BCUT2D eigenvalue weighted by atomic mass is 10.1. The van der Waals surface area contributed by atoms with E-state index in [1.807, 2.05) is 35.1 Å². The fraction of sp³-hybridized carbons (Fsp3) is 0.417. The Morgan fingerprint density at radius 1 is 1.25 bits per heavy atom. The van der Waals surface area contributed by atoms with Gasteiger partial charge in [0.15, 0.2) is 23.0 Å². The summed E-state index contributed by atoms with van der Waals surface area (Å²) < 4.78 is 9.91. The fourth-order valence-corrected chi connectivity index (χ4v) is 1.65. The lowest BCUT2D eigenvalue weighted by molar-refractivity contribution is -0.141. The number of rotatable bonds is 6. The Bertz CT molecular complexity index is 322. The summed E-state index contributed by atoms with van der Waals surface area (Å²) in [5, 5.41) is 0. The highest BCUT2D eigenvalue weighted by atomic mass is 127. The molecule has 0 saturated carbocycles. The highest BCUT2D eigenvalue weighted by molar-refractivity contribution is 14.1. The molecule has 0 atom stereocenters. The molecule has 88 valence electrons. The van der Waals surface area contributed by atoms with Gasteiger partial charge in [-0.2, -0.15) is 0 Å². The van der Waals surface area contributed by atoms with Crippen molar-refractivity contribution in [3.63, 3.8) is 0 Å². The molecule has 0 N–H and O–H groups in total. The first kappa shape index (κ1) is 13.3. The molecule has 0 saturated heterocycles. The summed E-state index contributed by atoms with van der Waals surface area (Å²) in [7, 11) is 0. The number of carbonyl (C=O) groups is 1. The van der Waals surface area contributed by atoms with E-state index in [9.17, 15) is 4.79 Å². The second kappa shape index (κ2) is 7.49. The van der Waals surface area contributed by atoms with E-state index >= 15 is 0 Å². The molecule has 1 rings (SSSR count). The van der Waals surface area contributed by atoms with Gasteiger partial charge in [-0.3, -0.25) is 4.79 Å². The number of unbranched alkanes of at least 4 members (excludes halogenated alkanes) is 1. The monoisotopic (exact) mass is 334 g/mol. The molecule has 0 unspecified atom stereocenters. The first-order valence-corrected chi connectivity index (χ1v) is 6.11. The van der Waals surface area contributed by atoms with Gasteiger partial charge in [-0.05, 0) is 37.0 Å². The fourth-order valence-electron chi connectivity index (χ4n) is 1.35. The quantitative estimate of drug-likeness (QED) is 0.455. The van der Waals surface area contributed by atoms with Crippen LogP contribution in [-0.4, -0.2) is 12.6 Å². The van der Waals surface area contributed by atoms with Crippen molar-refractivity contribution < 1.29 is 12.6 Å². The van der Waals surface area contributed by atoms with Crippen LogP contribution in [0.3, 0.4) is 0 Å². The van der Waals surface area contributed by atoms with E-state index in [2.05, 4.69) is 12.1 Å². The number of ether oxygens (including phenoxy) is 1. The largest absolute Gasteiger partial charge is 0.466 e. The number of benzene rings is 1. The van der Waals surface area contributed by atoms with E-state index in [4.69, 9.17) is 7.80 Å².